The average molecular weight is 330 g/mol. The number of amides is 1. The Bertz CT molecular complexity index is 503. The number of hydrogen-bond acceptors (Lipinski definition) is 4. The van der Waals surface area contributed by atoms with Crippen molar-refractivity contribution in [1.29, 1.82) is 0 Å². The topological polar surface area (TPSA) is 98.3 Å². The molecular formula is C12H16BrN3O3. The number of benzene rings is 1. The summed E-state index contributed by atoms with van der Waals surface area (Å²) in [6.07, 6.45) is 0.164. The zero-order chi connectivity index (χ0) is 14.6. The number of nitrogens with two attached hydrogens (primary N) is 1. The van der Waals surface area contributed by atoms with Crippen LogP contribution in [0, 0.1) is 10.1 Å². The lowest BCUT2D eigenvalue weighted by atomic mass is 9.99. The van der Waals surface area contributed by atoms with Crippen molar-refractivity contribution in [2.24, 2.45) is 5.73 Å². The highest BCUT2D eigenvalue weighted by atomic mass is 79.9. The fourth-order valence-electron chi connectivity index (χ4n) is 1.69. The molecule has 0 aliphatic carbocycles. The molecule has 1 rings (SSSR count). The molecule has 104 valence electrons. The van der Waals surface area contributed by atoms with Gasteiger partial charge in [-0.2, -0.15) is 0 Å². The summed E-state index contributed by atoms with van der Waals surface area (Å²) < 4.78 is 0.652. The number of nitrogens with zero attached hydrogens (tertiary/aromatic N) is 1. The number of halogens is 1. The standard InChI is InChI=1S/C12H16BrN3O3/c1-12(2,6-11(14)17)15-7-8-3-4-9(13)5-10(8)16(18)19/h3-5,15H,6-7H2,1-2H3,(H2,14,17). The van der Waals surface area contributed by atoms with Gasteiger partial charge in [0.05, 0.1) is 4.92 Å². The van der Waals surface area contributed by atoms with E-state index in [1.807, 2.05) is 13.8 Å². The summed E-state index contributed by atoms with van der Waals surface area (Å²) in [6, 6.07) is 4.87. The van der Waals surface area contributed by atoms with Gasteiger partial charge >= 0.3 is 0 Å². The number of nitro benzene ring substituents is 1. The van der Waals surface area contributed by atoms with Crippen molar-refractivity contribution in [1.82, 2.24) is 5.32 Å². The molecule has 1 amide bonds. The van der Waals surface area contributed by atoms with Gasteiger partial charge in [0.1, 0.15) is 0 Å². The maximum atomic E-state index is 11.0. The summed E-state index contributed by atoms with van der Waals surface area (Å²) in [5.41, 5.74) is 5.24. The van der Waals surface area contributed by atoms with Gasteiger partial charge in [-0.1, -0.05) is 15.9 Å². The molecule has 0 aromatic heterocycles. The van der Waals surface area contributed by atoms with Crippen molar-refractivity contribution in [3.8, 4) is 0 Å². The molecule has 6 nitrogen and oxygen atoms in total. The van der Waals surface area contributed by atoms with Gasteiger partial charge in [-0.25, -0.2) is 0 Å². The third kappa shape index (κ3) is 4.96. The van der Waals surface area contributed by atoms with Crippen LogP contribution in [0.4, 0.5) is 5.69 Å². The molecule has 0 heterocycles. The molecule has 3 N–H and O–H groups in total. The Morgan fingerprint density at radius 1 is 1.53 bits per heavy atom. The molecule has 0 radical (unpaired) electrons. The van der Waals surface area contributed by atoms with Crippen LogP contribution in [0.2, 0.25) is 0 Å². The first-order valence-electron chi connectivity index (χ1n) is 5.67. The first-order valence-corrected chi connectivity index (χ1v) is 6.47. The monoisotopic (exact) mass is 329 g/mol. The largest absolute Gasteiger partial charge is 0.370 e. The molecule has 0 atom stereocenters. The highest BCUT2D eigenvalue weighted by Gasteiger charge is 2.22. The van der Waals surface area contributed by atoms with E-state index in [4.69, 9.17) is 5.73 Å². The van der Waals surface area contributed by atoms with E-state index in [0.717, 1.165) is 0 Å². The van der Waals surface area contributed by atoms with Gasteiger partial charge in [0.15, 0.2) is 0 Å². The van der Waals surface area contributed by atoms with Crippen LogP contribution in [0.5, 0.6) is 0 Å². The molecule has 0 saturated carbocycles. The Morgan fingerprint density at radius 3 is 2.68 bits per heavy atom. The van der Waals surface area contributed by atoms with Crippen molar-refractivity contribution < 1.29 is 9.72 Å². The fourth-order valence-corrected chi connectivity index (χ4v) is 2.04. The smallest absolute Gasteiger partial charge is 0.275 e. The quantitative estimate of drug-likeness (QED) is 0.616. The van der Waals surface area contributed by atoms with Crippen molar-refractivity contribution in [3.63, 3.8) is 0 Å². The third-order valence-electron chi connectivity index (χ3n) is 2.62. The van der Waals surface area contributed by atoms with Crippen molar-refractivity contribution in [2.45, 2.75) is 32.4 Å². The third-order valence-corrected chi connectivity index (χ3v) is 3.11. The molecule has 1 aromatic carbocycles. The number of primary amides is 1. The zero-order valence-electron chi connectivity index (χ0n) is 10.8. The minimum Gasteiger partial charge on any atom is -0.370 e. The molecule has 0 spiro atoms. The van der Waals surface area contributed by atoms with Gasteiger partial charge in [-0.15, -0.1) is 0 Å². The van der Waals surface area contributed by atoms with E-state index in [0.29, 0.717) is 16.6 Å². The van der Waals surface area contributed by atoms with Crippen molar-refractivity contribution in [2.75, 3.05) is 0 Å². The van der Waals surface area contributed by atoms with Gasteiger partial charge in [-0.05, 0) is 26.0 Å². The molecule has 0 unspecified atom stereocenters. The second-order valence-corrected chi connectivity index (χ2v) is 5.83. The highest BCUT2D eigenvalue weighted by molar-refractivity contribution is 9.10. The minimum absolute atomic E-state index is 0.0387. The van der Waals surface area contributed by atoms with Crippen LogP contribution in [0.1, 0.15) is 25.8 Å². The number of hydrogen-bond donors (Lipinski definition) is 2. The predicted molar refractivity (Wildman–Crippen MR) is 75.5 cm³/mol. The molecule has 0 aliphatic heterocycles. The average Bonchev–Trinajstić information content (AvgIpc) is 2.25. The molecule has 1 aromatic rings. The molecule has 0 saturated heterocycles. The summed E-state index contributed by atoms with van der Waals surface area (Å²) in [5.74, 6) is -0.414. The van der Waals surface area contributed by atoms with Crippen LogP contribution in [-0.2, 0) is 11.3 Å². The van der Waals surface area contributed by atoms with E-state index in [-0.39, 0.29) is 12.1 Å². The molecule has 0 fully saturated rings. The van der Waals surface area contributed by atoms with E-state index in [1.165, 1.54) is 6.07 Å². The molecular weight excluding hydrogens is 314 g/mol. The summed E-state index contributed by atoms with van der Waals surface area (Å²) in [7, 11) is 0. The number of nitro groups is 1. The first kappa shape index (κ1) is 15.6. The maximum Gasteiger partial charge on any atom is 0.275 e. The fraction of sp³-hybridized carbons (Fsp3) is 0.417. The Kier molecular flexibility index (Phi) is 5.02. The number of carbonyl (C=O) groups excluding carboxylic acids is 1. The number of carbonyl (C=O) groups is 1. The van der Waals surface area contributed by atoms with Crippen LogP contribution in [0.15, 0.2) is 22.7 Å². The molecule has 7 heteroatoms. The lowest BCUT2D eigenvalue weighted by Gasteiger charge is -2.24. The van der Waals surface area contributed by atoms with Gasteiger partial charge in [0, 0.05) is 34.6 Å². The lowest BCUT2D eigenvalue weighted by Crippen LogP contribution is -2.42. The van der Waals surface area contributed by atoms with E-state index in [9.17, 15) is 14.9 Å². The zero-order valence-corrected chi connectivity index (χ0v) is 12.4. The maximum absolute atomic E-state index is 11.0. The Labute approximate surface area is 119 Å². The van der Waals surface area contributed by atoms with E-state index >= 15 is 0 Å². The second kappa shape index (κ2) is 6.12. The minimum atomic E-state index is -0.507. The van der Waals surface area contributed by atoms with E-state index in [1.54, 1.807) is 12.1 Å². The lowest BCUT2D eigenvalue weighted by molar-refractivity contribution is -0.385. The Morgan fingerprint density at radius 2 is 2.16 bits per heavy atom. The van der Waals surface area contributed by atoms with Crippen molar-refractivity contribution >= 4 is 27.5 Å². The summed E-state index contributed by atoms with van der Waals surface area (Å²) in [4.78, 5) is 21.4. The molecule has 0 aliphatic rings. The highest BCUT2D eigenvalue weighted by Crippen LogP contribution is 2.24. The first-order chi connectivity index (χ1) is 8.71. The van der Waals surface area contributed by atoms with Crippen molar-refractivity contribution in [3.05, 3.63) is 38.3 Å². The van der Waals surface area contributed by atoms with E-state index in [2.05, 4.69) is 21.2 Å². The Balaban J connectivity index is 2.83. The van der Waals surface area contributed by atoms with Crippen LogP contribution < -0.4 is 11.1 Å². The summed E-state index contributed by atoms with van der Waals surface area (Å²) >= 11 is 3.20. The number of rotatable bonds is 6. The van der Waals surface area contributed by atoms with Crippen LogP contribution in [-0.4, -0.2) is 16.4 Å². The van der Waals surface area contributed by atoms with Crippen LogP contribution in [0.3, 0.4) is 0 Å². The predicted octanol–water partition coefficient (Wildman–Crippen LogP) is 2.10. The molecule has 0 bridgehead atoms. The van der Waals surface area contributed by atoms with Crippen LogP contribution in [0.25, 0.3) is 0 Å². The summed E-state index contributed by atoms with van der Waals surface area (Å²) in [6.45, 7) is 3.94. The summed E-state index contributed by atoms with van der Waals surface area (Å²) in [5, 5.41) is 14.1. The SMILES string of the molecule is CC(C)(CC(N)=O)NCc1ccc(Br)cc1[N+](=O)[O-]. The van der Waals surface area contributed by atoms with Gasteiger partial charge in [-0.3, -0.25) is 14.9 Å². The van der Waals surface area contributed by atoms with Crippen LogP contribution >= 0.6 is 15.9 Å². The normalized spacial score (nSPS) is 11.3. The van der Waals surface area contributed by atoms with Gasteiger partial charge in [0.2, 0.25) is 5.91 Å². The second-order valence-electron chi connectivity index (χ2n) is 4.91. The van der Waals surface area contributed by atoms with Gasteiger partial charge < -0.3 is 11.1 Å². The number of nitrogens with one attached hydrogen (secondary N) is 1. The Hall–Kier alpha value is -1.47. The van der Waals surface area contributed by atoms with E-state index < -0.39 is 16.4 Å². The molecule has 19 heavy (non-hydrogen) atoms. The van der Waals surface area contributed by atoms with Gasteiger partial charge in [0.25, 0.3) is 5.69 Å².